The Bertz CT molecular complexity index is 624. The minimum atomic E-state index is -4.53. The van der Waals surface area contributed by atoms with Gasteiger partial charge in [0.2, 0.25) is 0 Å². The van der Waals surface area contributed by atoms with E-state index >= 15 is 0 Å². The van der Waals surface area contributed by atoms with E-state index in [2.05, 4.69) is 10.3 Å². The molecule has 0 radical (unpaired) electrons. The molecule has 0 saturated carbocycles. The largest absolute Gasteiger partial charge is 0.418 e. The molecule has 0 unspecified atom stereocenters. The van der Waals surface area contributed by atoms with E-state index in [1.165, 1.54) is 24.4 Å². The topological polar surface area (TPSA) is 42.0 Å². The number of carbonyl (C=O) groups excluding carboxylic acids is 1. The highest BCUT2D eigenvalue weighted by atomic mass is 19.4. The van der Waals surface area contributed by atoms with Crippen molar-refractivity contribution in [3.05, 3.63) is 59.4 Å². The van der Waals surface area contributed by atoms with Crippen LogP contribution in [0.4, 0.5) is 18.9 Å². The number of hydrogen-bond donors (Lipinski definition) is 1. The molecule has 0 aliphatic rings. The molecule has 0 spiro atoms. The Morgan fingerprint density at radius 1 is 1.20 bits per heavy atom. The zero-order valence-corrected chi connectivity index (χ0v) is 10.5. The van der Waals surface area contributed by atoms with E-state index < -0.39 is 17.6 Å². The van der Waals surface area contributed by atoms with Crippen LogP contribution in [-0.4, -0.2) is 10.9 Å². The maximum Gasteiger partial charge on any atom is 0.418 e. The summed E-state index contributed by atoms with van der Waals surface area (Å²) in [5.74, 6) is -0.681. The van der Waals surface area contributed by atoms with Gasteiger partial charge in [0.05, 0.1) is 11.3 Å². The predicted octanol–water partition coefficient (Wildman–Crippen LogP) is 3.66. The zero-order chi connectivity index (χ0) is 14.8. The Labute approximate surface area is 113 Å². The summed E-state index contributed by atoms with van der Waals surface area (Å²) in [6, 6.07) is 8.36. The minimum absolute atomic E-state index is 0.0567. The quantitative estimate of drug-likeness (QED) is 0.912. The van der Waals surface area contributed by atoms with Crippen molar-refractivity contribution in [2.75, 3.05) is 5.32 Å². The summed E-state index contributed by atoms with van der Waals surface area (Å²) in [4.78, 5) is 15.6. The van der Waals surface area contributed by atoms with Crippen LogP contribution in [0.5, 0.6) is 0 Å². The number of benzene rings is 1. The number of rotatable bonds is 2. The zero-order valence-electron chi connectivity index (χ0n) is 10.5. The molecule has 1 aromatic heterocycles. The second-order valence-corrected chi connectivity index (χ2v) is 4.22. The van der Waals surface area contributed by atoms with E-state index in [1.54, 1.807) is 19.1 Å². The monoisotopic (exact) mass is 280 g/mol. The number of anilines is 1. The molecule has 104 valence electrons. The van der Waals surface area contributed by atoms with E-state index in [4.69, 9.17) is 0 Å². The van der Waals surface area contributed by atoms with Gasteiger partial charge in [-0.25, -0.2) is 0 Å². The van der Waals surface area contributed by atoms with Crippen LogP contribution in [0.2, 0.25) is 0 Å². The Balaban J connectivity index is 2.33. The van der Waals surface area contributed by atoms with Gasteiger partial charge in [0.1, 0.15) is 5.69 Å². The number of pyridine rings is 1. The molecule has 2 aromatic rings. The first-order chi connectivity index (χ1) is 9.38. The normalized spacial score (nSPS) is 11.2. The molecule has 0 bridgehead atoms. The maximum atomic E-state index is 12.9. The van der Waals surface area contributed by atoms with Crippen LogP contribution in [0.1, 0.15) is 21.6 Å². The summed E-state index contributed by atoms with van der Waals surface area (Å²) >= 11 is 0. The highest BCUT2D eigenvalue weighted by Gasteiger charge is 2.34. The summed E-state index contributed by atoms with van der Waals surface area (Å²) in [5.41, 5.74) is -0.630. The lowest BCUT2D eigenvalue weighted by molar-refractivity contribution is -0.136. The number of amides is 1. The van der Waals surface area contributed by atoms with E-state index in [0.29, 0.717) is 5.56 Å². The second kappa shape index (κ2) is 5.32. The van der Waals surface area contributed by atoms with Gasteiger partial charge in [0, 0.05) is 6.20 Å². The van der Waals surface area contributed by atoms with Crippen LogP contribution >= 0.6 is 0 Å². The first kappa shape index (κ1) is 14.0. The van der Waals surface area contributed by atoms with Crippen molar-refractivity contribution in [1.29, 1.82) is 0 Å². The molecule has 6 heteroatoms. The first-order valence-electron chi connectivity index (χ1n) is 5.78. The molecule has 1 aromatic carbocycles. The fourth-order valence-electron chi connectivity index (χ4n) is 1.69. The Kier molecular flexibility index (Phi) is 3.74. The van der Waals surface area contributed by atoms with E-state index in [-0.39, 0.29) is 11.4 Å². The maximum absolute atomic E-state index is 12.9. The number of alkyl halides is 3. The standard InChI is InChI=1S/C14H11F3N2O/c1-9-5-6-11(10(8-9)14(15,16)17)19-13(20)12-4-2-3-7-18-12/h2-8H,1H3,(H,19,20). The third kappa shape index (κ3) is 3.14. The fourth-order valence-corrected chi connectivity index (χ4v) is 1.69. The van der Waals surface area contributed by atoms with Gasteiger partial charge < -0.3 is 5.32 Å². The van der Waals surface area contributed by atoms with Crippen LogP contribution in [-0.2, 0) is 6.18 Å². The first-order valence-corrected chi connectivity index (χ1v) is 5.78. The van der Waals surface area contributed by atoms with Crippen molar-refractivity contribution >= 4 is 11.6 Å². The molecule has 0 aliphatic carbocycles. The average Bonchev–Trinajstić information content (AvgIpc) is 2.40. The molecule has 1 N–H and O–H groups in total. The molecule has 20 heavy (non-hydrogen) atoms. The second-order valence-electron chi connectivity index (χ2n) is 4.22. The Hall–Kier alpha value is -2.37. The molecule has 0 saturated heterocycles. The van der Waals surface area contributed by atoms with Crippen LogP contribution in [0.15, 0.2) is 42.6 Å². The van der Waals surface area contributed by atoms with Gasteiger partial charge in [-0.2, -0.15) is 13.2 Å². The lowest BCUT2D eigenvalue weighted by Gasteiger charge is -2.14. The van der Waals surface area contributed by atoms with Gasteiger partial charge in [-0.15, -0.1) is 0 Å². The molecule has 0 atom stereocenters. The average molecular weight is 280 g/mol. The van der Waals surface area contributed by atoms with Gasteiger partial charge in [-0.1, -0.05) is 17.7 Å². The molecular weight excluding hydrogens is 269 g/mol. The van der Waals surface area contributed by atoms with Gasteiger partial charge in [-0.05, 0) is 31.2 Å². The summed E-state index contributed by atoms with van der Waals surface area (Å²) in [6.07, 6.45) is -3.13. The molecule has 1 amide bonds. The summed E-state index contributed by atoms with van der Waals surface area (Å²) in [7, 11) is 0. The van der Waals surface area contributed by atoms with Crippen molar-refractivity contribution in [3.8, 4) is 0 Å². The summed E-state index contributed by atoms with van der Waals surface area (Å²) < 4.78 is 38.7. The predicted molar refractivity (Wildman–Crippen MR) is 68.4 cm³/mol. The van der Waals surface area contributed by atoms with E-state index in [9.17, 15) is 18.0 Å². The van der Waals surface area contributed by atoms with Gasteiger partial charge >= 0.3 is 6.18 Å². The van der Waals surface area contributed by atoms with Crippen LogP contribution in [0.25, 0.3) is 0 Å². The van der Waals surface area contributed by atoms with Crippen molar-refractivity contribution in [1.82, 2.24) is 4.98 Å². The lowest BCUT2D eigenvalue weighted by atomic mass is 10.1. The Morgan fingerprint density at radius 2 is 1.95 bits per heavy atom. The smallest absolute Gasteiger partial charge is 0.320 e. The number of carbonyl (C=O) groups is 1. The van der Waals surface area contributed by atoms with Gasteiger partial charge in [0.15, 0.2) is 0 Å². The van der Waals surface area contributed by atoms with Crippen LogP contribution in [0, 0.1) is 6.92 Å². The SMILES string of the molecule is Cc1ccc(NC(=O)c2ccccn2)c(C(F)(F)F)c1. The molecule has 3 nitrogen and oxygen atoms in total. The Morgan fingerprint density at radius 3 is 2.55 bits per heavy atom. The molecule has 2 rings (SSSR count). The minimum Gasteiger partial charge on any atom is -0.320 e. The van der Waals surface area contributed by atoms with E-state index in [0.717, 1.165) is 6.07 Å². The molecular formula is C14H11F3N2O. The van der Waals surface area contributed by atoms with E-state index in [1.807, 2.05) is 0 Å². The lowest BCUT2D eigenvalue weighted by Crippen LogP contribution is -2.17. The number of nitrogens with zero attached hydrogens (tertiary/aromatic N) is 1. The summed E-state index contributed by atoms with van der Waals surface area (Å²) in [5, 5.41) is 2.24. The number of aryl methyl sites for hydroxylation is 1. The highest BCUT2D eigenvalue weighted by molar-refractivity contribution is 6.03. The molecule has 1 heterocycles. The number of nitrogens with one attached hydrogen (secondary N) is 1. The van der Waals surface area contributed by atoms with Crippen molar-refractivity contribution < 1.29 is 18.0 Å². The number of aromatic nitrogens is 1. The van der Waals surface area contributed by atoms with Gasteiger partial charge in [0.25, 0.3) is 5.91 Å². The van der Waals surface area contributed by atoms with Crippen molar-refractivity contribution in [2.45, 2.75) is 13.1 Å². The fraction of sp³-hybridized carbons (Fsp3) is 0.143. The highest BCUT2D eigenvalue weighted by Crippen LogP contribution is 2.35. The molecule has 0 fully saturated rings. The number of halogens is 3. The van der Waals surface area contributed by atoms with Crippen LogP contribution < -0.4 is 5.32 Å². The summed E-state index contributed by atoms with van der Waals surface area (Å²) in [6.45, 7) is 1.56. The van der Waals surface area contributed by atoms with Crippen molar-refractivity contribution in [3.63, 3.8) is 0 Å². The number of hydrogen-bond acceptors (Lipinski definition) is 2. The third-order valence-corrected chi connectivity index (χ3v) is 2.63. The molecule has 0 aliphatic heterocycles. The van der Waals surface area contributed by atoms with Crippen molar-refractivity contribution in [2.24, 2.45) is 0 Å². The van der Waals surface area contributed by atoms with Gasteiger partial charge in [-0.3, -0.25) is 9.78 Å². The third-order valence-electron chi connectivity index (χ3n) is 2.63. The van der Waals surface area contributed by atoms with Crippen LogP contribution in [0.3, 0.4) is 0 Å².